The first-order chi connectivity index (χ1) is 14.7. The fraction of sp³-hybridized carbons (Fsp3) is 0.435. The molecule has 0 aliphatic carbocycles. The van der Waals surface area contributed by atoms with E-state index in [9.17, 15) is 4.79 Å². The van der Waals surface area contributed by atoms with Crippen molar-refractivity contribution in [2.24, 2.45) is 4.99 Å². The van der Waals surface area contributed by atoms with Crippen LogP contribution in [-0.4, -0.2) is 61.0 Å². The van der Waals surface area contributed by atoms with Crippen molar-refractivity contribution in [3.63, 3.8) is 0 Å². The molecule has 3 heterocycles. The average Bonchev–Trinajstić information content (AvgIpc) is 3.23. The van der Waals surface area contributed by atoms with Crippen molar-refractivity contribution in [3.05, 3.63) is 54.2 Å². The number of aromatic nitrogens is 1. The van der Waals surface area contributed by atoms with Crippen LogP contribution in [-0.2, 0) is 11.3 Å². The number of halogens is 1. The molecule has 0 atom stereocenters. The highest BCUT2D eigenvalue weighted by atomic mass is 127. The molecular weight excluding hydrogens is 503 g/mol. The number of benzene rings is 1. The molecule has 4 rings (SSSR count). The van der Waals surface area contributed by atoms with Gasteiger partial charge in [-0.15, -0.1) is 24.0 Å². The Kier molecular flexibility index (Phi) is 8.51. The van der Waals surface area contributed by atoms with Crippen LogP contribution >= 0.6 is 24.0 Å². The molecule has 8 heteroatoms. The van der Waals surface area contributed by atoms with Gasteiger partial charge in [-0.25, -0.2) is 9.98 Å². The van der Waals surface area contributed by atoms with Gasteiger partial charge in [0, 0.05) is 57.6 Å². The zero-order chi connectivity index (χ0) is 20.8. The number of carbonyl (C=O) groups is 1. The molecule has 0 saturated carbocycles. The van der Waals surface area contributed by atoms with E-state index in [1.165, 1.54) is 0 Å². The fourth-order valence-electron chi connectivity index (χ4n) is 3.98. The maximum atomic E-state index is 11.9. The second-order valence-electron chi connectivity index (χ2n) is 7.65. The van der Waals surface area contributed by atoms with Gasteiger partial charge in [-0.1, -0.05) is 18.2 Å². The highest BCUT2D eigenvalue weighted by molar-refractivity contribution is 14.0. The summed E-state index contributed by atoms with van der Waals surface area (Å²) in [5.74, 6) is 2.22. The third-order valence-electron chi connectivity index (χ3n) is 5.62. The summed E-state index contributed by atoms with van der Waals surface area (Å²) < 4.78 is 0. The van der Waals surface area contributed by atoms with E-state index in [1.54, 1.807) is 0 Å². The zero-order valence-corrected chi connectivity index (χ0v) is 20.4. The van der Waals surface area contributed by atoms with E-state index in [0.29, 0.717) is 13.0 Å². The smallest absolute Gasteiger partial charge is 0.227 e. The molecule has 2 aliphatic heterocycles. The molecule has 1 amide bonds. The Balaban J connectivity index is 0.00000272. The Morgan fingerprint density at radius 3 is 2.45 bits per heavy atom. The number of aliphatic imine (C=N–C) groups is 1. The van der Waals surface area contributed by atoms with Gasteiger partial charge < -0.3 is 20.0 Å². The number of guanidine groups is 1. The molecule has 1 aromatic carbocycles. The van der Waals surface area contributed by atoms with Crippen LogP contribution < -0.4 is 15.1 Å². The lowest BCUT2D eigenvalue weighted by molar-refractivity contribution is -0.117. The second kappa shape index (κ2) is 11.3. The van der Waals surface area contributed by atoms with Crippen LogP contribution in [0, 0.1) is 0 Å². The van der Waals surface area contributed by atoms with Crippen LogP contribution in [0.3, 0.4) is 0 Å². The first kappa shape index (κ1) is 23.3. The van der Waals surface area contributed by atoms with E-state index in [1.807, 2.05) is 35.4 Å². The van der Waals surface area contributed by atoms with Crippen LogP contribution in [0.5, 0.6) is 0 Å². The number of hydrogen-bond acceptors (Lipinski definition) is 4. The Bertz CT molecular complexity index is 865. The van der Waals surface area contributed by atoms with Crippen molar-refractivity contribution >= 4 is 47.3 Å². The minimum absolute atomic E-state index is 0. The van der Waals surface area contributed by atoms with Gasteiger partial charge in [-0.05, 0) is 43.2 Å². The summed E-state index contributed by atoms with van der Waals surface area (Å²) in [6.07, 6.45) is 3.45. The molecule has 2 saturated heterocycles. The summed E-state index contributed by atoms with van der Waals surface area (Å²) in [7, 11) is 0. The summed E-state index contributed by atoms with van der Waals surface area (Å²) in [4.78, 5) is 27.8. The van der Waals surface area contributed by atoms with E-state index < -0.39 is 0 Å². The number of carbonyl (C=O) groups excluding carboxylic acids is 1. The molecule has 0 spiro atoms. The van der Waals surface area contributed by atoms with Gasteiger partial charge in [0.1, 0.15) is 5.82 Å². The van der Waals surface area contributed by atoms with Gasteiger partial charge in [0.25, 0.3) is 0 Å². The topological polar surface area (TPSA) is 64.1 Å². The molecule has 2 aromatic rings. The van der Waals surface area contributed by atoms with E-state index in [-0.39, 0.29) is 29.9 Å². The molecular formula is C23H31IN6O. The lowest BCUT2D eigenvalue weighted by atomic mass is 10.2. The molecule has 0 unspecified atom stereocenters. The first-order valence-electron chi connectivity index (χ1n) is 10.8. The van der Waals surface area contributed by atoms with Gasteiger partial charge in [-0.3, -0.25) is 4.79 Å². The molecule has 2 aliphatic rings. The monoisotopic (exact) mass is 534 g/mol. The lowest BCUT2D eigenvalue weighted by Gasteiger charge is -2.37. The highest BCUT2D eigenvalue weighted by Gasteiger charge is 2.22. The van der Waals surface area contributed by atoms with Crippen LogP contribution in [0.15, 0.2) is 53.7 Å². The number of nitrogens with zero attached hydrogens (tertiary/aromatic N) is 5. The molecule has 166 valence electrons. The van der Waals surface area contributed by atoms with E-state index in [0.717, 1.165) is 68.7 Å². The number of amides is 1. The van der Waals surface area contributed by atoms with Gasteiger partial charge in [0.05, 0.1) is 6.54 Å². The van der Waals surface area contributed by atoms with E-state index in [2.05, 4.69) is 45.2 Å². The molecule has 0 radical (unpaired) electrons. The summed E-state index contributed by atoms with van der Waals surface area (Å²) in [6, 6.07) is 14.3. The fourth-order valence-corrected chi connectivity index (χ4v) is 3.98. The maximum absolute atomic E-state index is 11.9. The van der Waals surface area contributed by atoms with Crippen LogP contribution in [0.25, 0.3) is 0 Å². The number of anilines is 2. The molecule has 31 heavy (non-hydrogen) atoms. The predicted octanol–water partition coefficient (Wildman–Crippen LogP) is 3.11. The minimum atomic E-state index is 0. The lowest BCUT2D eigenvalue weighted by Crippen LogP contribution is -2.52. The Hall–Kier alpha value is -2.36. The Morgan fingerprint density at radius 2 is 1.84 bits per heavy atom. The van der Waals surface area contributed by atoms with Gasteiger partial charge in [0.2, 0.25) is 5.91 Å². The minimum Gasteiger partial charge on any atom is -0.357 e. The van der Waals surface area contributed by atoms with Crippen molar-refractivity contribution in [1.82, 2.24) is 15.2 Å². The number of piperazine rings is 1. The molecule has 1 N–H and O–H groups in total. The number of hydrogen-bond donors (Lipinski definition) is 1. The predicted molar refractivity (Wildman–Crippen MR) is 136 cm³/mol. The van der Waals surface area contributed by atoms with Crippen molar-refractivity contribution in [1.29, 1.82) is 0 Å². The number of nitrogens with one attached hydrogen (secondary N) is 1. The molecule has 1 aromatic heterocycles. The number of pyridine rings is 1. The Morgan fingerprint density at radius 1 is 1.06 bits per heavy atom. The van der Waals surface area contributed by atoms with Gasteiger partial charge in [-0.2, -0.15) is 0 Å². The molecule has 7 nitrogen and oxygen atoms in total. The summed E-state index contributed by atoms with van der Waals surface area (Å²) in [5, 5.41) is 3.43. The van der Waals surface area contributed by atoms with Crippen LogP contribution in [0.4, 0.5) is 11.5 Å². The summed E-state index contributed by atoms with van der Waals surface area (Å²) in [5.41, 5.74) is 2.13. The van der Waals surface area contributed by atoms with Crippen molar-refractivity contribution in [2.75, 3.05) is 49.1 Å². The van der Waals surface area contributed by atoms with Crippen molar-refractivity contribution in [2.45, 2.75) is 26.3 Å². The average molecular weight is 534 g/mol. The first-order valence-corrected chi connectivity index (χ1v) is 10.8. The SMILES string of the molecule is CCNC(=NCc1ccc(N2CCCC2=O)cc1)N1CCN(c2ccccn2)CC1.I. The molecule has 2 fully saturated rings. The zero-order valence-electron chi connectivity index (χ0n) is 18.0. The third kappa shape index (κ3) is 5.87. The van der Waals surface area contributed by atoms with Crippen molar-refractivity contribution in [3.8, 4) is 0 Å². The van der Waals surface area contributed by atoms with E-state index in [4.69, 9.17) is 4.99 Å². The highest BCUT2D eigenvalue weighted by Crippen LogP contribution is 2.22. The largest absolute Gasteiger partial charge is 0.357 e. The third-order valence-corrected chi connectivity index (χ3v) is 5.62. The van der Waals surface area contributed by atoms with Gasteiger partial charge >= 0.3 is 0 Å². The van der Waals surface area contributed by atoms with E-state index >= 15 is 0 Å². The van der Waals surface area contributed by atoms with Gasteiger partial charge in [0.15, 0.2) is 5.96 Å². The van der Waals surface area contributed by atoms with Crippen LogP contribution in [0.2, 0.25) is 0 Å². The van der Waals surface area contributed by atoms with Crippen molar-refractivity contribution < 1.29 is 4.79 Å². The van der Waals surface area contributed by atoms with Crippen LogP contribution in [0.1, 0.15) is 25.3 Å². The molecule has 0 bridgehead atoms. The quantitative estimate of drug-likeness (QED) is 0.363. The number of rotatable bonds is 5. The summed E-state index contributed by atoms with van der Waals surface area (Å²) in [6.45, 7) is 8.08. The normalized spacial score (nSPS) is 17.0. The summed E-state index contributed by atoms with van der Waals surface area (Å²) >= 11 is 0. The second-order valence-corrected chi connectivity index (χ2v) is 7.65. The Labute approximate surface area is 201 Å². The maximum Gasteiger partial charge on any atom is 0.227 e. The standard InChI is InChI=1S/C23H30N6O.HI/c1-2-24-23(28-16-14-27(15-17-28)21-6-3-4-12-25-21)26-18-19-8-10-20(11-9-19)29-13-5-7-22(29)30;/h3-4,6,8-12H,2,5,7,13-18H2,1H3,(H,24,26);1H.